The average molecular weight is 211 g/mol. The summed E-state index contributed by atoms with van der Waals surface area (Å²) < 4.78 is 18.5. The Hall–Kier alpha value is -0.930. The highest BCUT2D eigenvalue weighted by atomic mass is 19.1. The Balaban J connectivity index is 2.67. The average Bonchev–Trinajstić information content (AvgIpc) is 2.26. The lowest BCUT2D eigenvalue weighted by atomic mass is 10.1. The summed E-state index contributed by atoms with van der Waals surface area (Å²) in [6.45, 7) is 4.93. The van der Waals surface area contributed by atoms with E-state index in [2.05, 4.69) is 6.92 Å². The quantitative estimate of drug-likeness (QED) is 0.812. The van der Waals surface area contributed by atoms with Gasteiger partial charge in [0.1, 0.15) is 5.82 Å². The van der Waals surface area contributed by atoms with Crippen molar-refractivity contribution in [2.24, 2.45) is 5.73 Å². The minimum Gasteiger partial charge on any atom is -0.374 e. The lowest BCUT2D eigenvalue weighted by Crippen LogP contribution is -2.09. The summed E-state index contributed by atoms with van der Waals surface area (Å²) in [5.41, 5.74) is 7.33. The fourth-order valence-corrected chi connectivity index (χ4v) is 1.28. The van der Waals surface area contributed by atoms with E-state index in [9.17, 15) is 4.39 Å². The normalized spacial score (nSPS) is 12.8. The molecule has 1 unspecified atom stereocenters. The molecule has 0 saturated heterocycles. The summed E-state index contributed by atoms with van der Waals surface area (Å²) in [4.78, 5) is 0. The number of nitrogens with two attached hydrogens (primary N) is 1. The molecule has 0 aliphatic carbocycles. The topological polar surface area (TPSA) is 35.2 Å². The summed E-state index contributed by atoms with van der Waals surface area (Å²) in [6.07, 6.45) is 1.19. The number of rotatable bonds is 5. The van der Waals surface area contributed by atoms with Crippen LogP contribution in [-0.4, -0.2) is 6.10 Å². The first-order chi connectivity index (χ1) is 7.17. The molecule has 0 fully saturated rings. The highest BCUT2D eigenvalue weighted by Crippen LogP contribution is 2.13. The molecule has 1 atom stereocenters. The third kappa shape index (κ3) is 3.61. The van der Waals surface area contributed by atoms with Crippen molar-refractivity contribution in [3.05, 3.63) is 35.1 Å². The zero-order valence-corrected chi connectivity index (χ0v) is 9.29. The SMILES string of the molecule is CCC(C)OCc1ccc(F)cc1CN. The second-order valence-electron chi connectivity index (χ2n) is 3.65. The van der Waals surface area contributed by atoms with Gasteiger partial charge in [-0.1, -0.05) is 13.0 Å². The van der Waals surface area contributed by atoms with E-state index in [4.69, 9.17) is 10.5 Å². The molecule has 0 heterocycles. The van der Waals surface area contributed by atoms with E-state index in [1.165, 1.54) is 12.1 Å². The minimum atomic E-state index is -0.247. The third-order valence-electron chi connectivity index (χ3n) is 2.49. The van der Waals surface area contributed by atoms with Crippen LogP contribution in [0, 0.1) is 5.82 Å². The lowest BCUT2D eigenvalue weighted by molar-refractivity contribution is 0.0504. The first-order valence-corrected chi connectivity index (χ1v) is 5.26. The van der Waals surface area contributed by atoms with Crippen LogP contribution >= 0.6 is 0 Å². The molecule has 15 heavy (non-hydrogen) atoms. The van der Waals surface area contributed by atoms with Crippen LogP contribution in [0.5, 0.6) is 0 Å². The van der Waals surface area contributed by atoms with Gasteiger partial charge in [-0.3, -0.25) is 0 Å². The third-order valence-corrected chi connectivity index (χ3v) is 2.49. The highest BCUT2D eigenvalue weighted by Gasteiger charge is 2.05. The van der Waals surface area contributed by atoms with Crippen molar-refractivity contribution in [2.75, 3.05) is 0 Å². The predicted octanol–water partition coefficient (Wildman–Crippen LogP) is 2.60. The van der Waals surface area contributed by atoms with Crippen LogP contribution in [0.3, 0.4) is 0 Å². The van der Waals surface area contributed by atoms with Crippen molar-refractivity contribution >= 4 is 0 Å². The zero-order valence-electron chi connectivity index (χ0n) is 9.29. The van der Waals surface area contributed by atoms with Gasteiger partial charge >= 0.3 is 0 Å². The fourth-order valence-electron chi connectivity index (χ4n) is 1.28. The van der Waals surface area contributed by atoms with E-state index in [1.807, 2.05) is 6.92 Å². The van der Waals surface area contributed by atoms with Gasteiger partial charge in [-0.15, -0.1) is 0 Å². The van der Waals surface area contributed by atoms with Crippen LogP contribution in [-0.2, 0) is 17.9 Å². The van der Waals surface area contributed by atoms with Gasteiger partial charge in [0.15, 0.2) is 0 Å². The van der Waals surface area contributed by atoms with E-state index in [0.29, 0.717) is 13.2 Å². The Morgan fingerprint density at radius 3 is 2.73 bits per heavy atom. The van der Waals surface area contributed by atoms with Crippen molar-refractivity contribution in [3.63, 3.8) is 0 Å². The Bertz CT molecular complexity index is 314. The Kier molecular flexibility index (Phi) is 4.72. The number of benzene rings is 1. The summed E-state index contributed by atoms with van der Waals surface area (Å²) >= 11 is 0. The predicted molar refractivity (Wildman–Crippen MR) is 58.8 cm³/mol. The molecule has 1 aromatic carbocycles. The van der Waals surface area contributed by atoms with E-state index < -0.39 is 0 Å². The van der Waals surface area contributed by atoms with Crippen LogP contribution in [0.25, 0.3) is 0 Å². The van der Waals surface area contributed by atoms with Crippen molar-refractivity contribution in [3.8, 4) is 0 Å². The highest BCUT2D eigenvalue weighted by molar-refractivity contribution is 5.27. The maximum absolute atomic E-state index is 12.9. The monoisotopic (exact) mass is 211 g/mol. The molecule has 0 aromatic heterocycles. The second-order valence-corrected chi connectivity index (χ2v) is 3.65. The van der Waals surface area contributed by atoms with E-state index in [0.717, 1.165) is 17.5 Å². The Morgan fingerprint density at radius 1 is 1.40 bits per heavy atom. The maximum atomic E-state index is 12.9. The molecule has 0 amide bonds. The van der Waals surface area contributed by atoms with E-state index >= 15 is 0 Å². The van der Waals surface area contributed by atoms with Gasteiger partial charge in [0.2, 0.25) is 0 Å². The Labute approximate surface area is 90.2 Å². The maximum Gasteiger partial charge on any atom is 0.123 e. The zero-order chi connectivity index (χ0) is 11.3. The molecule has 0 spiro atoms. The molecule has 84 valence electrons. The molecular weight excluding hydrogens is 193 g/mol. The standard InChI is InChI=1S/C12H18FNO/c1-3-9(2)15-8-10-4-5-12(13)6-11(10)7-14/h4-6,9H,3,7-8,14H2,1-2H3. The van der Waals surface area contributed by atoms with Crippen molar-refractivity contribution < 1.29 is 9.13 Å². The molecular formula is C12H18FNO. The van der Waals surface area contributed by atoms with Crippen molar-refractivity contribution in [1.82, 2.24) is 0 Å². The van der Waals surface area contributed by atoms with Crippen LogP contribution in [0.15, 0.2) is 18.2 Å². The number of ether oxygens (including phenoxy) is 1. The van der Waals surface area contributed by atoms with Crippen molar-refractivity contribution in [2.45, 2.75) is 39.5 Å². The molecule has 1 rings (SSSR count). The van der Waals surface area contributed by atoms with Crippen molar-refractivity contribution in [1.29, 1.82) is 0 Å². The van der Waals surface area contributed by atoms with Gasteiger partial charge < -0.3 is 10.5 Å². The van der Waals surface area contributed by atoms with Crippen LogP contribution in [0.1, 0.15) is 31.4 Å². The van der Waals surface area contributed by atoms with Crippen LogP contribution < -0.4 is 5.73 Å². The van der Waals surface area contributed by atoms with Crippen LogP contribution in [0.4, 0.5) is 4.39 Å². The first kappa shape index (κ1) is 12.1. The fraction of sp³-hybridized carbons (Fsp3) is 0.500. The molecule has 0 saturated carbocycles. The molecule has 2 nitrogen and oxygen atoms in total. The van der Waals surface area contributed by atoms with Crippen LogP contribution in [0.2, 0.25) is 0 Å². The molecule has 0 radical (unpaired) electrons. The molecule has 3 heteroatoms. The molecule has 0 aliphatic heterocycles. The lowest BCUT2D eigenvalue weighted by Gasteiger charge is -2.13. The van der Waals surface area contributed by atoms with Gasteiger partial charge in [-0.25, -0.2) is 4.39 Å². The molecule has 0 bridgehead atoms. The number of hydrogen-bond acceptors (Lipinski definition) is 2. The van der Waals surface area contributed by atoms with Gasteiger partial charge in [0, 0.05) is 6.54 Å². The van der Waals surface area contributed by atoms with E-state index in [1.54, 1.807) is 6.07 Å². The summed E-state index contributed by atoms with van der Waals surface area (Å²) in [5, 5.41) is 0. The summed E-state index contributed by atoms with van der Waals surface area (Å²) in [7, 11) is 0. The number of halogens is 1. The van der Waals surface area contributed by atoms with Gasteiger partial charge in [0.05, 0.1) is 12.7 Å². The smallest absolute Gasteiger partial charge is 0.123 e. The van der Waals surface area contributed by atoms with Gasteiger partial charge in [-0.2, -0.15) is 0 Å². The minimum absolute atomic E-state index is 0.223. The van der Waals surface area contributed by atoms with Gasteiger partial charge in [0.25, 0.3) is 0 Å². The largest absolute Gasteiger partial charge is 0.374 e. The molecule has 0 aliphatic rings. The summed E-state index contributed by atoms with van der Waals surface area (Å²) in [5.74, 6) is -0.247. The van der Waals surface area contributed by atoms with Gasteiger partial charge in [-0.05, 0) is 36.6 Å². The second kappa shape index (κ2) is 5.83. The molecule has 2 N–H and O–H groups in total. The summed E-state index contributed by atoms with van der Waals surface area (Å²) in [6, 6.07) is 4.64. The molecule has 1 aromatic rings. The first-order valence-electron chi connectivity index (χ1n) is 5.26. The Morgan fingerprint density at radius 2 is 2.13 bits per heavy atom. The number of hydrogen-bond donors (Lipinski definition) is 1. The van der Waals surface area contributed by atoms with E-state index in [-0.39, 0.29) is 11.9 Å².